The van der Waals surface area contributed by atoms with Crippen molar-refractivity contribution in [2.75, 3.05) is 11.9 Å². The standard InChI is InChI=1S/C11H14ClNO2/c1-7-9(12)5-4-6-10(7)13(3)8(2)11(14)15/h4-6,8H,1-3H3,(H,14,15). The molecule has 1 rings (SSSR count). The molecule has 82 valence electrons. The predicted octanol–water partition coefficient (Wildman–Crippen LogP) is 2.56. The molecule has 0 spiro atoms. The average molecular weight is 228 g/mol. The van der Waals surface area contributed by atoms with Crippen LogP contribution in [-0.2, 0) is 4.79 Å². The van der Waals surface area contributed by atoms with E-state index >= 15 is 0 Å². The number of rotatable bonds is 3. The van der Waals surface area contributed by atoms with Crippen LogP contribution in [0.25, 0.3) is 0 Å². The number of hydrogen-bond donors (Lipinski definition) is 1. The molecule has 0 fully saturated rings. The zero-order valence-corrected chi connectivity index (χ0v) is 9.75. The topological polar surface area (TPSA) is 40.5 Å². The molecule has 1 aromatic carbocycles. The molecule has 1 unspecified atom stereocenters. The predicted molar refractivity (Wildman–Crippen MR) is 61.7 cm³/mol. The molecule has 0 aliphatic heterocycles. The van der Waals surface area contributed by atoms with Gasteiger partial charge in [0.15, 0.2) is 0 Å². The van der Waals surface area contributed by atoms with Crippen molar-refractivity contribution in [3.63, 3.8) is 0 Å². The number of likely N-dealkylation sites (N-methyl/N-ethyl adjacent to an activating group) is 1. The van der Waals surface area contributed by atoms with Crippen LogP contribution in [0.4, 0.5) is 5.69 Å². The first kappa shape index (κ1) is 11.9. The van der Waals surface area contributed by atoms with Gasteiger partial charge in [0.1, 0.15) is 6.04 Å². The van der Waals surface area contributed by atoms with E-state index in [1.54, 1.807) is 24.9 Å². The van der Waals surface area contributed by atoms with E-state index in [0.717, 1.165) is 11.3 Å². The summed E-state index contributed by atoms with van der Waals surface area (Å²) in [4.78, 5) is 12.5. The second-order valence-corrected chi connectivity index (χ2v) is 3.92. The first-order valence-electron chi connectivity index (χ1n) is 4.66. The number of carboxylic acids is 1. The maximum Gasteiger partial charge on any atom is 0.326 e. The Morgan fingerprint density at radius 2 is 2.13 bits per heavy atom. The van der Waals surface area contributed by atoms with E-state index in [2.05, 4.69) is 0 Å². The number of aliphatic carboxylic acids is 1. The number of benzene rings is 1. The Morgan fingerprint density at radius 1 is 1.53 bits per heavy atom. The van der Waals surface area contributed by atoms with Crippen molar-refractivity contribution in [3.05, 3.63) is 28.8 Å². The molecule has 0 amide bonds. The molecule has 4 heteroatoms. The minimum atomic E-state index is -0.850. The molecule has 1 aromatic rings. The number of nitrogens with zero attached hydrogens (tertiary/aromatic N) is 1. The molecule has 0 radical (unpaired) electrons. The summed E-state index contributed by atoms with van der Waals surface area (Å²) in [7, 11) is 1.75. The third kappa shape index (κ3) is 2.42. The number of anilines is 1. The van der Waals surface area contributed by atoms with Gasteiger partial charge in [-0.1, -0.05) is 17.7 Å². The molecule has 0 bridgehead atoms. The van der Waals surface area contributed by atoms with Gasteiger partial charge in [0.2, 0.25) is 0 Å². The quantitative estimate of drug-likeness (QED) is 0.863. The van der Waals surface area contributed by atoms with E-state index < -0.39 is 12.0 Å². The van der Waals surface area contributed by atoms with Crippen molar-refractivity contribution < 1.29 is 9.90 Å². The van der Waals surface area contributed by atoms with Gasteiger partial charge in [-0.15, -0.1) is 0 Å². The van der Waals surface area contributed by atoms with Crippen LogP contribution in [0.15, 0.2) is 18.2 Å². The number of carboxylic acid groups (broad SMARTS) is 1. The first-order chi connectivity index (χ1) is 6.95. The molecule has 0 saturated carbocycles. The van der Waals surface area contributed by atoms with Crippen LogP contribution < -0.4 is 4.90 Å². The summed E-state index contributed by atoms with van der Waals surface area (Å²) in [6, 6.07) is 4.90. The minimum absolute atomic E-state index is 0.567. The molecule has 3 nitrogen and oxygen atoms in total. The van der Waals surface area contributed by atoms with E-state index in [-0.39, 0.29) is 0 Å². The first-order valence-corrected chi connectivity index (χ1v) is 5.03. The molecular formula is C11H14ClNO2. The summed E-state index contributed by atoms with van der Waals surface area (Å²) in [6.45, 7) is 3.52. The zero-order chi connectivity index (χ0) is 11.6. The van der Waals surface area contributed by atoms with Crippen LogP contribution in [0.1, 0.15) is 12.5 Å². The van der Waals surface area contributed by atoms with Gasteiger partial charge in [-0.2, -0.15) is 0 Å². The summed E-state index contributed by atoms with van der Waals surface area (Å²) in [5.41, 5.74) is 1.74. The van der Waals surface area contributed by atoms with Crippen molar-refractivity contribution in [1.29, 1.82) is 0 Å². The van der Waals surface area contributed by atoms with Crippen molar-refractivity contribution in [2.45, 2.75) is 19.9 Å². The highest BCUT2D eigenvalue weighted by atomic mass is 35.5. The van der Waals surface area contributed by atoms with Crippen LogP contribution in [0.5, 0.6) is 0 Å². The molecule has 1 N–H and O–H groups in total. The summed E-state index contributed by atoms with van der Waals surface area (Å²) in [5.74, 6) is -0.850. The van der Waals surface area contributed by atoms with Gasteiger partial charge in [-0.3, -0.25) is 0 Å². The maximum absolute atomic E-state index is 10.8. The Hall–Kier alpha value is -1.22. The number of hydrogen-bond acceptors (Lipinski definition) is 2. The molecule has 1 atom stereocenters. The summed E-state index contributed by atoms with van der Waals surface area (Å²) >= 11 is 5.97. The minimum Gasteiger partial charge on any atom is -0.480 e. The molecule has 0 aromatic heterocycles. The second kappa shape index (κ2) is 4.53. The van der Waals surface area contributed by atoms with Gasteiger partial charge in [-0.05, 0) is 31.5 Å². The highest BCUT2D eigenvalue weighted by Gasteiger charge is 2.18. The fourth-order valence-corrected chi connectivity index (χ4v) is 1.52. The molecule has 0 aliphatic rings. The zero-order valence-electron chi connectivity index (χ0n) is 8.99. The van der Waals surface area contributed by atoms with E-state index in [1.165, 1.54) is 0 Å². The molecular weight excluding hydrogens is 214 g/mol. The lowest BCUT2D eigenvalue weighted by molar-refractivity contribution is -0.138. The highest BCUT2D eigenvalue weighted by molar-refractivity contribution is 6.31. The van der Waals surface area contributed by atoms with Crippen molar-refractivity contribution in [3.8, 4) is 0 Å². The van der Waals surface area contributed by atoms with Crippen molar-refractivity contribution in [1.82, 2.24) is 0 Å². The van der Waals surface area contributed by atoms with Gasteiger partial charge in [0.05, 0.1) is 0 Å². The van der Waals surface area contributed by atoms with E-state index in [1.807, 2.05) is 19.1 Å². The van der Waals surface area contributed by atoms with Crippen LogP contribution in [0, 0.1) is 6.92 Å². The van der Waals surface area contributed by atoms with Crippen LogP contribution in [-0.4, -0.2) is 24.2 Å². The van der Waals surface area contributed by atoms with E-state index in [4.69, 9.17) is 16.7 Å². The average Bonchev–Trinajstić information content (AvgIpc) is 2.20. The lowest BCUT2D eigenvalue weighted by atomic mass is 10.1. The van der Waals surface area contributed by atoms with Crippen LogP contribution in [0.3, 0.4) is 0 Å². The van der Waals surface area contributed by atoms with Crippen molar-refractivity contribution >= 4 is 23.3 Å². The Balaban J connectivity index is 3.06. The summed E-state index contributed by atoms with van der Waals surface area (Å²) < 4.78 is 0. The fraction of sp³-hybridized carbons (Fsp3) is 0.364. The SMILES string of the molecule is Cc1c(Cl)cccc1N(C)C(C)C(=O)O. The Kier molecular flexibility index (Phi) is 3.58. The van der Waals surface area contributed by atoms with Gasteiger partial charge in [-0.25, -0.2) is 4.79 Å². The highest BCUT2D eigenvalue weighted by Crippen LogP contribution is 2.26. The lowest BCUT2D eigenvalue weighted by Crippen LogP contribution is -2.36. The third-order valence-electron chi connectivity index (χ3n) is 2.56. The lowest BCUT2D eigenvalue weighted by Gasteiger charge is -2.25. The van der Waals surface area contributed by atoms with E-state index in [0.29, 0.717) is 5.02 Å². The van der Waals surface area contributed by atoms with Crippen molar-refractivity contribution in [2.24, 2.45) is 0 Å². The molecule has 0 aliphatic carbocycles. The smallest absolute Gasteiger partial charge is 0.326 e. The molecule has 0 heterocycles. The maximum atomic E-state index is 10.8. The summed E-state index contributed by atoms with van der Waals surface area (Å²) in [5, 5.41) is 9.55. The van der Waals surface area contributed by atoms with Crippen LogP contribution >= 0.6 is 11.6 Å². The van der Waals surface area contributed by atoms with Gasteiger partial charge in [0, 0.05) is 17.8 Å². The fourth-order valence-electron chi connectivity index (χ4n) is 1.35. The Morgan fingerprint density at radius 3 is 2.67 bits per heavy atom. The largest absolute Gasteiger partial charge is 0.480 e. The molecule has 15 heavy (non-hydrogen) atoms. The Labute approximate surface area is 94.3 Å². The van der Waals surface area contributed by atoms with Crippen LogP contribution in [0.2, 0.25) is 5.02 Å². The van der Waals surface area contributed by atoms with E-state index in [9.17, 15) is 4.79 Å². The number of carbonyl (C=O) groups is 1. The number of halogens is 1. The third-order valence-corrected chi connectivity index (χ3v) is 2.97. The van der Waals surface area contributed by atoms with Gasteiger partial charge < -0.3 is 10.0 Å². The Bertz CT molecular complexity index is 379. The van der Waals surface area contributed by atoms with Gasteiger partial charge >= 0.3 is 5.97 Å². The molecule has 0 saturated heterocycles. The monoisotopic (exact) mass is 227 g/mol. The normalized spacial score (nSPS) is 12.3. The summed E-state index contributed by atoms with van der Waals surface area (Å²) in [6.07, 6.45) is 0. The van der Waals surface area contributed by atoms with Gasteiger partial charge in [0.25, 0.3) is 0 Å². The second-order valence-electron chi connectivity index (χ2n) is 3.51.